The van der Waals surface area contributed by atoms with Gasteiger partial charge in [-0.25, -0.2) is 4.79 Å². The largest absolute Gasteiger partial charge is 0.334 e. The van der Waals surface area contributed by atoms with Crippen LogP contribution >= 0.6 is 0 Å². The van der Waals surface area contributed by atoms with Gasteiger partial charge in [-0.2, -0.15) is 5.10 Å². The standard InChI is InChI=1S/C19H27N5O/c1-15-12-17(13-20-16(15)2)14-21-19(25)24-10-4-3-6-18(24)7-11-23-9-5-8-22-23/h5,8-9,12-13,18H,3-4,6-7,10-11,14H2,1-2H3,(H,21,25). The smallest absolute Gasteiger partial charge is 0.317 e. The van der Waals surface area contributed by atoms with Gasteiger partial charge in [-0.15, -0.1) is 0 Å². The zero-order valence-corrected chi connectivity index (χ0v) is 15.1. The molecule has 1 fully saturated rings. The third-order valence-electron chi connectivity index (χ3n) is 4.98. The van der Waals surface area contributed by atoms with E-state index in [1.54, 1.807) is 6.20 Å². The Morgan fingerprint density at radius 2 is 2.24 bits per heavy atom. The van der Waals surface area contributed by atoms with Crippen molar-refractivity contribution < 1.29 is 4.79 Å². The topological polar surface area (TPSA) is 63.1 Å². The summed E-state index contributed by atoms with van der Waals surface area (Å²) in [7, 11) is 0. The lowest BCUT2D eigenvalue weighted by molar-refractivity contribution is 0.143. The van der Waals surface area contributed by atoms with Gasteiger partial charge in [-0.3, -0.25) is 9.67 Å². The van der Waals surface area contributed by atoms with E-state index in [0.717, 1.165) is 49.2 Å². The average Bonchev–Trinajstić information content (AvgIpc) is 3.14. The number of likely N-dealkylation sites (tertiary alicyclic amines) is 1. The molecule has 1 N–H and O–H groups in total. The van der Waals surface area contributed by atoms with Crippen LogP contribution in [0.25, 0.3) is 0 Å². The van der Waals surface area contributed by atoms with Crippen molar-refractivity contribution in [2.24, 2.45) is 0 Å². The van der Waals surface area contributed by atoms with E-state index in [1.807, 2.05) is 41.9 Å². The molecule has 2 aromatic heterocycles. The van der Waals surface area contributed by atoms with E-state index >= 15 is 0 Å². The summed E-state index contributed by atoms with van der Waals surface area (Å²) in [4.78, 5) is 19.0. The Kier molecular flexibility index (Phi) is 5.68. The molecular weight excluding hydrogens is 314 g/mol. The number of nitrogens with one attached hydrogen (secondary N) is 1. The maximum atomic E-state index is 12.7. The van der Waals surface area contributed by atoms with Crippen molar-refractivity contribution in [2.45, 2.75) is 58.7 Å². The summed E-state index contributed by atoms with van der Waals surface area (Å²) >= 11 is 0. The van der Waals surface area contributed by atoms with Crippen LogP contribution in [0.1, 0.15) is 42.5 Å². The predicted octanol–water partition coefficient (Wildman–Crippen LogP) is 3.05. The molecular formula is C19H27N5O. The maximum absolute atomic E-state index is 12.7. The van der Waals surface area contributed by atoms with E-state index in [0.29, 0.717) is 6.54 Å². The van der Waals surface area contributed by atoms with Gasteiger partial charge >= 0.3 is 6.03 Å². The highest BCUT2D eigenvalue weighted by Gasteiger charge is 2.26. The van der Waals surface area contributed by atoms with Gasteiger partial charge < -0.3 is 10.2 Å². The molecule has 2 aromatic rings. The van der Waals surface area contributed by atoms with Crippen LogP contribution in [0.15, 0.2) is 30.7 Å². The molecule has 0 aliphatic carbocycles. The van der Waals surface area contributed by atoms with Crippen molar-refractivity contribution in [1.29, 1.82) is 0 Å². The molecule has 3 heterocycles. The van der Waals surface area contributed by atoms with Crippen molar-refractivity contribution in [2.75, 3.05) is 6.54 Å². The van der Waals surface area contributed by atoms with Gasteiger partial charge in [0.1, 0.15) is 0 Å². The number of carbonyl (C=O) groups excluding carboxylic acids is 1. The lowest BCUT2D eigenvalue weighted by atomic mass is 10.00. The lowest BCUT2D eigenvalue weighted by Crippen LogP contribution is -2.48. The summed E-state index contributed by atoms with van der Waals surface area (Å²) in [6.07, 6.45) is 9.89. The number of piperidine rings is 1. The van der Waals surface area contributed by atoms with Gasteiger partial charge in [0.25, 0.3) is 0 Å². The Labute approximate surface area is 149 Å². The van der Waals surface area contributed by atoms with Crippen molar-refractivity contribution in [3.05, 3.63) is 47.5 Å². The third-order valence-corrected chi connectivity index (χ3v) is 4.98. The third kappa shape index (κ3) is 4.59. The first-order valence-electron chi connectivity index (χ1n) is 9.07. The first-order chi connectivity index (χ1) is 12.1. The summed E-state index contributed by atoms with van der Waals surface area (Å²) in [5.74, 6) is 0. The van der Waals surface area contributed by atoms with Gasteiger partial charge in [0.15, 0.2) is 0 Å². The Morgan fingerprint density at radius 3 is 3.00 bits per heavy atom. The summed E-state index contributed by atoms with van der Waals surface area (Å²) in [5.41, 5.74) is 3.23. The zero-order chi connectivity index (χ0) is 17.6. The monoisotopic (exact) mass is 341 g/mol. The molecule has 1 atom stereocenters. The fraction of sp³-hybridized carbons (Fsp3) is 0.526. The molecule has 6 nitrogen and oxygen atoms in total. The molecule has 134 valence electrons. The highest BCUT2D eigenvalue weighted by atomic mass is 16.2. The summed E-state index contributed by atoms with van der Waals surface area (Å²) < 4.78 is 1.94. The normalized spacial score (nSPS) is 17.5. The van der Waals surface area contributed by atoms with Crippen LogP contribution in [0, 0.1) is 13.8 Å². The number of hydrogen-bond donors (Lipinski definition) is 1. The highest BCUT2D eigenvalue weighted by Crippen LogP contribution is 2.20. The van der Waals surface area contributed by atoms with E-state index in [2.05, 4.69) is 21.5 Å². The number of pyridine rings is 1. The van der Waals surface area contributed by atoms with Crippen LogP contribution in [0.2, 0.25) is 0 Å². The van der Waals surface area contributed by atoms with Crippen LogP contribution in [0.5, 0.6) is 0 Å². The molecule has 1 aliphatic heterocycles. The number of hydrogen-bond acceptors (Lipinski definition) is 3. The molecule has 2 amide bonds. The van der Waals surface area contributed by atoms with Crippen LogP contribution < -0.4 is 5.32 Å². The second kappa shape index (κ2) is 8.14. The lowest BCUT2D eigenvalue weighted by Gasteiger charge is -2.35. The van der Waals surface area contributed by atoms with Gasteiger partial charge in [-0.1, -0.05) is 6.07 Å². The number of aromatic nitrogens is 3. The Bertz CT molecular complexity index is 698. The van der Waals surface area contributed by atoms with Crippen LogP contribution in [0.4, 0.5) is 4.79 Å². The van der Waals surface area contributed by atoms with Crippen LogP contribution in [-0.2, 0) is 13.1 Å². The van der Waals surface area contributed by atoms with Gasteiger partial charge in [0.2, 0.25) is 0 Å². The Morgan fingerprint density at radius 1 is 1.36 bits per heavy atom. The van der Waals surface area contributed by atoms with Gasteiger partial charge in [0.05, 0.1) is 0 Å². The van der Waals surface area contributed by atoms with E-state index in [9.17, 15) is 4.79 Å². The number of nitrogens with zero attached hydrogens (tertiary/aromatic N) is 4. The minimum atomic E-state index is 0.0309. The van der Waals surface area contributed by atoms with E-state index < -0.39 is 0 Å². The second-order valence-electron chi connectivity index (χ2n) is 6.81. The average molecular weight is 341 g/mol. The molecule has 0 aromatic carbocycles. The summed E-state index contributed by atoms with van der Waals surface area (Å²) in [6.45, 7) is 6.25. The Balaban J connectivity index is 1.55. The van der Waals surface area contributed by atoms with Crippen molar-refractivity contribution in [1.82, 2.24) is 25.0 Å². The van der Waals surface area contributed by atoms with Gasteiger partial charge in [0, 0.05) is 50.0 Å². The molecule has 0 spiro atoms. The molecule has 1 saturated heterocycles. The van der Waals surface area contributed by atoms with Crippen molar-refractivity contribution in [3.63, 3.8) is 0 Å². The van der Waals surface area contributed by atoms with E-state index in [1.165, 1.54) is 6.42 Å². The molecule has 0 saturated carbocycles. The zero-order valence-electron chi connectivity index (χ0n) is 15.1. The summed E-state index contributed by atoms with van der Waals surface area (Å²) in [6, 6.07) is 4.34. The number of carbonyl (C=O) groups is 1. The SMILES string of the molecule is Cc1cc(CNC(=O)N2CCCCC2CCn2cccn2)cnc1C. The molecule has 0 radical (unpaired) electrons. The van der Waals surface area contributed by atoms with Crippen molar-refractivity contribution in [3.8, 4) is 0 Å². The minimum absolute atomic E-state index is 0.0309. The molecule has 0 bridgehead atoms. The minimum Gasteiger partial charge on any atom is -0.334 e. The maximum Gasteiger partial charge on any atom is 0.317 e. The highest BCUT2D eigenvalue weighted by molar-refractivity contribution is 5.74. The molecule has 1 aliphatic rings. The number of urea groups is 1. The Hall–Kier alpha value is -2.37. The fourth-order valence-corrected chi connectivity index (χ4v) is 3.36. The van der Waals surface area contributed by atoms with Crippen LogP contribution in [0.3, 0.4) is 0 Å². The molecule has 25 heavy (non-hydrogen) atoms. The fourth-order valence-electron chi connectivity index (χ4n) is 3.36. The van der Waals surface area contributed by atoms with E-state index in [4.69, 9.17) is 0 Å². The van der Waals surface area contributed by atoms with Crippen LogP contribution in [-0.4, -0.2) is 38.3 Å². The first kappa shape index (κ1) is 17.5. The molecule has 6 heteroatoms. The van der Waals surface area contributed by atoms with Gasteiger partial charge in [-0.05, 0) is 56.7 Å². The van der Waals surface area contributed by atoms with Crippen molar-refractivity contribution >= 4 is 6.03 Å². The number of rotatable bonds is 5. The van der Waals surface area contributed by atoms with E-state index in [-0.39, 0.29) is 12.1 Å². The number of aryl methyl sites for hydroxylation is 3. The summed E-state index contributed by atoms with van der Waals surface area (Å²) in [5, 5.41) is 7.32. The quantitative estimate of drug-likeness (QED) is 0.909. The second-order valence-corrected chi connectivity index (χ2v) is 6.81. The molecule has 1 unspecified atom stereocenters. The predicted molar refractivity (Wildman–Crippen MR) is 97.1 cm³/mol. The number of amides is 2. The molecule has 3 rings (SSSR count). The first-order valence-corrected chi connectivity index (χ1v) is 9.07.